The molecule has 6 nitrogen and oxygen atoms in total. The maximum absolute atomic E-state index is 9.10. The molecule has 0 aliphatic carbocycles. The molecule has 2 aromatic rings. The van der Waals surface area contributed by atoms with Gasteiger partial charge in [-0.05, 0) is 24.6 Å². The maximum Gasteiger partial charge on any atom is 0.191 e. The molecule has 0 unspecified atom stereocenters. The van der Waals surface area contributed by atoms with Gasteiger partial charge in [0.2, 0.25) is 0 Å². The Balaban J connectivity index is 2.13. The van der Waals surface area contributed by atoms with Crippen molar-refractivity contribution in [2.24, 2.45) is 5.73 Å². The summed E-state index contributed by atoms with van der Waals surface area (Å²) in [5.41, 5.74) is 7.21. The van der Waals surface area contributed by atoms with Gasteiger partial charge < -0.3 is 15.0 Å². The normalized spacial score (nSPS) is 10.4. The van der Waals surface area contributed by atoms with Crippen molar-refractivity contribution >= 4 is 11.8 Å². The number of nitrogens with two attached hydrogens (primary N) is 1. The van der Waals surface area contributed by atoms with Crippen LogP contribution in [0.3, 0.4) is 0 Å². The van der Waals surface area contributed by atoms with Crippen LogP contribution in [0.1, 0.15) is 23.9 Å². The summed E-state index contributed by atoms with van der Waals surface area (Å²) in [4.78, 5) is 0. The second-order valence-corrected chi connectivity index (χ2v) is 5.22. The standard InChI is InChI=1S/C14H17N5OS/c1-3-19-13(8-16)17-18-14(19)21-9-10-4-5-12(20-2)11(6-10)7-15/h4-6H,3,8-9,16H2,1-2H3. The predicted molar refractivity (Wildman–Crippen MR) is 80.9 cm³/mol. The number of methoxy groups -OCH3 is 1. The first-order chi connectivity index (χ1) is 10.2. The third kappa shape index (κ3) is 3.35. The summed E-state index contributed by atoms with van der Waals surface area (Å²) in [5.74, 6) is 2.09. The molecule has 0 aliphatic heterocycles. The van der Waals surface area contributed by atoms with Crippen LogP contribution in [0.2, 0.25) is 0 Å². The molecule has 1 aromatic heterocycles. The molecule has 0 saturated heterocycles. The first kappa shape index (κ1) is 15.4. The SMILES string of the molecule is CCn1c(CN)nnc1SCc1ccc(OC)c(C#N)c1. The highest BCUT2D eigenvalue weighted by molar-refractivity contribution is 7.98. The zero-order valence-electron chi connectivity index (χ0n) is 12.0. The molecule has 0 spiro atoms. The Bertz CT molecular complexity index is 662. The van der Waals surface area contributed by atoms with Crippen LogP contribution in [0.4, 0.5) is 0 Å². The number of rotatable bonds is 6. The van der Waals surface area contributed by atoms with E-state index in [1.807, 2.05) is 29.7 Å². The van der Waals surface area contributed by atoms with Crippen molar-refractivity contribution in [3.8, 4) is 11.8 Å². The fourth-order valence-corrected chi connectivity index (χ4v) is 2.94. The van der Waals surface area contributed by atoms with E-state index in [0.29, 0.717) is 23.6 Å². The topological polar surface area (TPSA) is 89.8 Å². The Labute approximate surface area is 127 Å². The van der Waals surface area contributed by atoms with Crippen LogP contribution in [0.25, 0.3) is 0 Å². The summed E-state index contributed by atoms with van der Waals surface area (Å²) in [6.07, 6.45) is 0. The van der Waals surface area contributed by atoms with Crippen molar-refractivity contribution in [2.45, 2.75) is 30.9 Å². The number of hydrogen-bond donors (Lipinski definition) is 1. The van der Waals surface area contributed by atoms with E-state index in [2.05, 4.69) is 16.3 Å². The number of nitriles is 1. The molecule has 0 fully saturated rings. The van der Waals surface area contributed by atoms with Gasteiger partial charge in [0.1, 0.15) is 17.6 Å². The predicted octanol–water partition coefficient (Wildman–Crippen LogP) is 1.93. The number of ether oxygens (including phenoxy) is 1. The van der Waals surface area contributed by atoms with Crippen LogP contribution >= 0.6 is 11.8 Å². The third-order valence-corrected chi connectivity index (χ3v) is 4.08. The molecule has 7 heteroatoms. The Morgan fingerprint density at radius 3 is 2.86 bits per heavy atom. The average molecular weight is 303 g/mol. The molecule has 2 rings (SSSR count). The lowest BCUT2D eigenvalue weighted by atomic mass is 10.1. The molecule has 110 valence electrons. The summed E-state index contributed by atoms with van der Waals surface area (Å²) in [5, 5.41) is 18.2. The van der Waals surface area contributed by atoms with E-state index in [0.717, 1.165) is 23.1 Å². The molecule has 0 amide bonds. The van der Waals surface area contributed by atoms with E-state index in [1.165, 1.54) is 0 Å². The van der Waals surface area contributed by atoms with Gasteiger partial charge in [0.15, 0.2) is 5.16 Å². The van der Waals surface area contributed by atoms with E-state index in [4.69, 9.17) is 15.7 Å². The van der Waals surface area contributed by atoms with Crippen LogP contribution in [0.5, 0.6) is 5.75 Å². The minimum Gasteiger partial charge on any atom is -0.495 e. The molecule has 0 aliphatic rings. The highest BCUT2D eigenvalue weighted by Gasteiger charge is 2.11. The number of benzene rings is 1. The first-order valence-electron chi connectivity index (χ1n) is 6.55. The van der Waals surface area contributed by atoms with E-state index in [-0.39, 0.29) is 0 Å². The number of hydrogen-bond acceptors (Lipinski definition) is 6. The van der Waals surface area contributed by atoms with Gasteiger partial charge in [0.05, 0.1) is 19.2 Å². The molecule has 21 heavy (non-hydrogen) atoms. The number of aromatic nitrogens is 3. The highest BCUT2D eigenvalue weighted by Crippen LogP contribution is 2.25. The lowest BCUT2D eigenvalue weighted by Crippen LogP contribution is -2.08. The molecule has 0 saturated carbocycles. The van der Waals surface area contributed by atoms with Crippen molar-refractivity contribution in [3.63, 3.8) is 0 Å². The fourth-order valence-electron chi connectivity index (χ4n) is 1.97. The van der Waals surface area contributed by atoms with Crippen molar-refractivity contribution in [1.82, 2.24) is 14.8 Å². The van der Waals surface area contributed by atoms with E-state index in [1.54, 1.807) is 18.9 Å². The Morgan fingerprint density at radius 2 is 2.24 bits per heavy atom. The zero-order valence-corrected chi connectivity index (χ0v) is 12.9. The fraction of sp³-hybridized carbons (Fsp3) is 0.357. The van der Waals surface area contributed by atoms with E-state index >= 15 is 0 Å². The van der Waals surface area contributed by atoms with Crippen LogP contribution in [-0.4, -0.2) is 21.9 Å². The van der Waals surface area contributed by atoms with Gasteiger partial charge >= 0.3 is 0 Å². The molecule has 0 atom stereocenters. The van der Waals surface area contributed by atoms with Gasteiger partial charge in [-0.3, -0.25) is 0 Å². The minimum absolute atomic E-state index is 0.377. The van der Waals surface area contributed by atoms with Gasteiger partial charge in [-0.15, -0.1) is 10.2 Å². The van der Waals surface area contributed by atoms with Crippen molar-refractivity contribution in [1.29, 1.82) is 5.26 Å². The van der Waals surface area contributed by atoms with Crippen LogP contribution in [-0.2, 0) is 18.8 Å². The van der Waals surface area contributed by atoms with Gasteiger partial charge in [-0.2, -0.15) is 5.26 Å². The summed E-state index contributed by atoms with van der Waals surface area (Å²) >= 11 is 1.58. The molecule has 2 N–H and O–H groups in total. The second kappa shape index (κ2) is 7.11. The van der Waals surface area contributed by atoms with Gasteiger partial charge in [-0.25, -0.2) is 0 Å². The Hall–Kier alpha value is -2.04. The second-order valence-electron chi connectivity index (χ2n) is 4.28. The number of thioether (sulfide) groups is 1. The van der Waals surface area contributed by atoms with Crippen molar-refractivity contribution in [2.75, 3.05) is 7.11 Å². The van der Waals surface area contributed by atoms with Crippen molar-refractivity contribution in [3.05, 3.63) is 35.2 Å². The molecule has 0 bridgehead atoms. The quantitative estimate of drug-likeness (QED) is 0.820. The van der Waals surface area contributed by atoms with Gasteiger partial charge in [0.25, 0.3) is 0 Å². The molecule has 0 radical (unpaired) electrons. The summed E-state index contributed by atoms with van der Waals surface area (Å²) in [6.45, 7) is 3.20. The maximum atomic E-state index is 9.10. The van der Waals surface area contributed by atoms with Crippen LogP contribution in [0, 0.1) is 11.3 Å². The molecular formula is C14H17N5OS. The first-order valence-corrected chi connectivity index (χ1v) is 7.54. The van der Waals surface area contributed by atoms with Crippen molar-refractivity contribution < 1.29 is 4.74 Å². The van der Waals surface area contributed by atoms with E-state index < -0.39 is 0 Å². The molecular weight excluding hydrogens is 286 g/mol. The van der Waals surface area contributed by atoms with Crippen LogP contribution < -0.4 is 10.5 Å². The van der Waals surface area contributed by atoms with E-state index in [9.17, 15) is 0 Å². The molecule has 1 heterocycles. The summed E-state index contributed by atoms with van der Waals surface area (Å²) in [6, 6.07) is 7.73. The van der Waals surface area contributed by atoms with Gasteiger partial charge in [0, 0.05) is 12.3 Å². The Kier molecular flexibility index (Phi) is 5.20. The lowest BCUT2D eigenvalue weighted by Gasteiger charge is -2.07. The highest BCUT2D eigenvalue weighted by atomic mass is 32.2. The van der Waals surface area contributed by atoms with Gasteiger partial charge in [-0.1, -0.05) is 17.8 Å². The third-order valence-electron chi connectivity index (χ3n) is 3.04. The smallest absolute Gasteiger partial charge is 0.191 e. The zero-order chi connectivity index (χ0) is 15.2. The lowest BCUT2D eigenvalue weighted by molar-refractivity contribution is 0.413. The average Bonchev–Trinajstić information content (AvgIpc) is 2.94. The monoisotopic (exact) mass is 303 g/mol. The summed E-state index contributed by atoms with van der Waals surface area (Å²) < 4.78 is 7.14. The Morgan fingerprint density at radius 1 is 1.43 bits per heavy atom. The number of nitrogens with zero attached hydrogens (tertiary/aromatic N) is 4. The largest absolute Gasteiger partial charge is 0.495 e. The minimum atomic E-state index is 0.377. The molecule has 1 aromatic carbocycles. The van der Waals surface area contributed by atoms with Crippen LogP contribution in [0.15, 0.2) is 23.4 Å². The summed E-state index contributed by atoms with van der Waals surface area (Å²) in [7, 11) is 1.56.